The third kappa shape index (κ3) is 5.55. The molecule has 1 amide bonds. The summed E-state index contributed by atoms with van der Waals surface area (Å²) in [6, 6.07) is 17.0. The van der Waals surface area contributed by atoms with Crippen LogP contribution in [0.5, 0.6) is 0 Å². The summed E-state index contributed by atoms with van der Waals surface area (Å²) in [4.78, 5) is 23.8. The standard InChI is InChI=1S/C31H34N8O2/c1-19-15-21(5-6-22(19)17-34-28(40)29-35-30(38-41-29)31(2,3)4)26-25-16-23(18-33-27(25)37-36-26)20-7-9-24(10-8-20)39-13-11-32-12-14-39/h5-10,15-16,18,32H,11-14,17H2,1-4H3,(H,34,40)(H,33,36,37). The molecular weight excluding hydrogens is 516 g/mol. The first-order valence-electron chi connectivity index (χ1n) is 13.9. The third-order valence-electron chi connectivity index (χ3n) is 7.45. The Morgan fingerprint density at radius 2 is 1.78 bits per heavy atom. The molecule has 0 spiro atoms. The van der Waals surface area contributed by atoms with Gasteiger partial charge in [0, 0.05) is 66.5 Å². The van der Waals surface area contributed by atoms with Crippen molar-refractivity contribution in [3.63, 3.8) is 0 Å². The molecule has 0 saturated carbocycles. The number of piperazine rings is 1. The number of amides is 1. The van der Waals surface area contributed by atoms with Crippen LogP contribution in [0, 0.1) is 6.92 Å². The summed E-state index contributed by atoms with van der Waals surface area (Å²) in [6.45, 7) is 12.3. The van der Waals surface area contributed by atoms with Crippen LogP contribution < -0.4 is 15.5 Å². The number of aryl methyl sites for hydroxylation is 1. The molecule has 4 heterocycles. The smallest absolute Gasteiger partial charge is 0.315 e. The number of carbonyl (C=O) groups excluding carboxylic acids is 1. The van der Waals surface area contributed by atoms with Gasteiger partial charge in [0.15, 0.2) is 11.5 Å². The first-order valence-corrected chi connectivity index (χ1v) is 13.9. The van der Waals surface area contributed by atoms with Gasteiger partial charge >= 0.3 is 11.8 Å². The summed E-state index contributed by atoms with van der Waals surface area (Å²) < 4.78 is 5.16. The third-order valence-corrected chi connectivity index (χ3v) is 7.45. The maximum absolute atomic E-state index is 12.6. The minimum absolute atomic E-state index is 0.0325. The summed E-state index contributed by atoms with van der Waals surface area (Å²) in [7, 11) is 0. The molecule has 210 valence electrons. The predicted molar refractivity (Wildman–Crippen MR) is 159 cm³/mol. The number of hydrogen-bond donors (Lipinski definition) is 3. The monoisotopic (exact) mass is 550 g/mol. The molecule has 0 unspecified atom stereocenters. The second-order valence-corrected chi connectivity index (χ2v) is 11.5. The van der Waals surface area contributed by atoms with Crippen molar-refractivity contribution in [2.45, 2.75) is 39.7 Å². The molecule has 0 bridgehead atoms. The van der Waals surface area contributed by atoms with E-state index < -0.39 is 5.91 Å². The second kappa shape index (κ2) is 10.8. The van der Waals surface area contributed by atoms with Crippen LogP contribution in [-0.2, 0) is 12.0 Å². The van der Waals surface area contributed by atoms with Crippen molar-refractivity contribution in [1.29, 1.82) is 0 Å². The van der Waals surface area contributed by atoms with Crippen molar-refractivity contribution in [2.75, 3.05) is 31.1 Å². The lowest BCUT2D eigenvalue weighted by atomic mass is 9.96. The van der Waals surface area contributed by atoms with Crippen molar-refractivity contribution in [2.24, 2.45) is 0 Å². The summed E-state index contributed by atoms with van der Waals surface area (Å²) in [5, 5.41) is 18.8. The van der Waals surface area contributed by atoms with Gasteiger partial charge in [0.25, 0.3) is 0 Å². The zero-order chi connectivity index (χ0) is 28.6. The summed E-state index contributed by atoms with van der Waals surface area (Å²) in [5.41, 5.74) is 7.71. The molecule has 0 aliphatic carbocycles. The average molecular weight is 551 g/mol. The van der Waals surface area contributed by atoms with Crippen LogP contribution in [0.25, 0.3) is 33.4 Å². The molecule has 1 aliphatic rings. The number of anilines is 1. The van der Waals surface area contributed by atoms with Crippen LogP contribution in [-0.4, -0.2) is 57.4 Å². The van der Waals surface area contributed by atoms with E-state index in [2.05, 4.69) is 77.3 Å². The number of nitrogens with one attached hydrogen (secondary N) is 3. The lowest BCUT2D eigenvalue weighted by molar-refractivity contribution is 0.0907. The quantitative estimate of drug-likeness (QED) is 0.280. The van der Waals surface area contributed by atoms with E-state index in [4.69, 9.17) is 4.52 Å². The highest BCUT2D eigenvalue weighted by Gasteiger charge is 2.24. The highest BCUT2D eigenvalue weighted by atomic mass is 16.5. The molecule has 1 fully saturated rings. The largest absolute Gasteiger partial charge is 0.369 e. The van der Waals surface area contributed by atoms with Crippen LogP contribution in [0.2, 0.25) is 0 Å². The number of nitrogens with zero attached hydrogens (tertiary/aromatic N) is 5. The number of carbonyl (C=O) groups is 1. The van der Waals surface area contributed by atoms with Crippen LogP contribution in [0.4, 0.5) is 5.69 Å². The first-order chi connectivity index (χ1) is 19.8. The van der Waals surface area contributed by atoms with E-state index in [-0.39, 0.29) is 11.3 Å². The number of H-pyrrole nitrogens is 1. The van der Waals surface area contributed by atoms with Gasteiger partial charge < -0.3 is 20.1 Å². The number of pyridine rings is 1. The first kappa shape index (κ1) is 26.6. The zero-order valence-electron chi connectivity index (χ0n) is 23.8. The van der Waals surface area contributed by atoms with Gasteiger partial charge in [-0.15, -0.1) is 0 Å². The number of rotatable bonds is 6. The maximum Gasteiger partial charge on any atom is 0.315 e. The molecule has 2 aromatic carbocycles. The lowest BCUT2D eigenvalue weighted by Crippen LogP contribution is -2.43. The fraction of sp³-hybridized carbons (Fsp3) is 0.323. The van der Waals surface area contributed by atoms with E-state index in [0.29, 0.717) is 18.0 Å². The number of hydrogen-bond acceptors (Lipinski definition) is 8. The molecule has 5 aromatic rings. The fourth-order valence-electron chi connectivity index (χ4n) is 4.99. The Morgan fingerprint density at radius 1 is 1.02 bits per heavy atom. The molecule has 0 atom stereocenters. The molecule has 3 N–H and O–H groups in total. The van der Waals surface area contributed by atoms with E-state index in [0.717, 1.165) is 65.1 Å². The van der Waals surface area contributed by atoms with Crippen LogP contribution in [0.15, 0.2) is 59.3 Å². The van der Waals surface area contributed by atoms with E-state index in [1.54, 1.807) is 0 Å². The lowest BCUT2D eigenvalue weighted by Gasteiger charge is -2.29. The van der Waals surface area contributed by atoms with Gasteiger partial charge in [-0.05, 0) is 47.9 Å². The Hall–Kier alpha value is -4.57. The Labute approximate surface area is 238 Å². The summed E-state index contributed by atoms with van der Waals surface area (Å²) in [6.07, 6.45) is 1.87. The molecule has 1 saturated heterocycles. The molecule has 0 radical (unpaired) electrons. The van der Waals surface area contributed by atoms with Crippen LogP contribution in [0.1, 0.15) is 48.4 Å². The number of aromatic amines is 1. The van der Waals surface area contributed by atoms with Crippen molar-refractivity contribution in [3.8, 4) is 22.4 Å². The van der Waals surface area contributed by atoms with Crippen LogP contribution in [0.3, 0.4) is 0 Å². The number of benzene rings is 2. The topological polar surface area (TPSA) is 125 Å². The highest BCUT2D eigenvalue weighted by Crippen LogP contribution is 2.31. The molecule has 1 aliphatic heterocycles. The summed E-state index contributed by atoms with van der Waals surface area (Å²) >= 11 is 0. The maximum atomic E-state index is 12.6. The van der Waals surface area contributed by atoms with Gasteiger partial charge in [-0.2, -0.15) is 10.1 Å². The van der Waals surface area contributed by atoms with Gasteiger partial charge in [0.1, 0.15) is 0 Å². The summed E-state index contributed by atoms with van der Waals surface area (Å²) in [5.74, 6) is 0.0744. The van der Waals surface area contributed by atoms with Crippen LogP contribution >= 0.6 is 0 Å². The SMILES string of the molecule is Cc1cc(-c2[nH]nc3ncc(-c4ccc(N5CCNCC5)cc4)cc23)ccc1CNC(=O)c1nc(C(C)(C)C)no1. The van der Waals surface area contributed by atoms with Gasteiger partial charge in [0.05, 0.1) is 5.69 Å². The molecular formula is C31H34N8O2. The zero-order valence-corrected chi connectivity index (χ0v) is 23.8. The Balaban J connectivity index is 1.18. The number of fused-ring (bicyclic) bond motifs is 1. The molecule has 10 nitrogen and oxygen atoms in total. The van der Waals surface area contributed by atoms with Crippen molar-refractivity contribution < 1.29 is 9.32 Å². The number of aromatic nitrogens is 5. The minimum Gasteiger partial charge on any atom is -0.369 e. The van der Waals surface area contributed by atoms with Gasteiger partial charge in [-0.25, -0.2) is 4.98 Å². The normalized spacial score (nSPS) is 14.0. The van der Waals surface area contributed by atoms with E-state index in [1.165, 1.54) is 5.69 Å². The van der Waals surface area contributed by atoms with Gasteiger partial charge in [0.2, 0.25) is 0 Å². The predicted octanol–water partition coefficient (Wildman–Crippen LogP) is 4.62. The van der Waals surface area contributed by atoms with Gasteiger partial charge in [-0.1, -0.05) is 50.2 Å². The van der Waals surface area contributed by atoms with Crippen molar-refractivity contribution in [1.82, 2.24) is 36.0 Å². The Morgan fingerprint density at radius 3 is 2.49 bits per heavy atom. The molecule has 3 aromatic heterocycles. The Bertz CT molecular complexity index is 1690. The Kier molecular flexibility index (Phi) is 7.00. The van der Waals surface area contributed by atoms with Crippen molar-refractivity contribution >= 4 is 22.6 Å². The van der Waals surface area contributed by atoms with Crippen molar-refractivity contribution in [3.05, 3.63) is 77.6 Å². The molecule has 10 heteroatoms. The van der Waals surface area contributed by atoms with E-state index >= 15 is 0 Å². The molecule has 6 rings (SSSR count). The highest BCUT2D eigenvalue weighted by molar-refractivity contribution is 5.93. The van der Waals surface area contributed by atoms with E-state index in [9.17, 15) is 4.79 Å². The average Bonchev–Trinajstić information content (AvgIpc) is 3.65. The minimum atomic E-state index is -0.393. The van der Waals surface area contributed by atoms with Gasteiger partial charge in [-0.3, -0.25) is 9.89 Å². The second-order valence-electron chi connectivity index (χ2n) is 11.5. The molecule has 41 heavy (non-hydrogen) atoms. The van der Waals surface area contributed by atoms with E-state index in [1.807, 2.05) is 46.0 Å². The fourth-order valence-corrected chi connectivity index (χ4v) is 4.99.